The number of nitriles is 1. The summed E-state index contributed by atoms with van der Waals surface area (Å²) in [6.45, 7) is 5.10. The summed E-state index contributed by atoms with van der Waals surface area (Å²) in [4.78, 5) is 17.4. The van der Waals surface area contributed by atoms with Gasteiger partial charge in [-0.25, -0.2) is 4.98 Å². The first-order valence-corrected chi connectivity index (χ1v) is 5.80. The van der Waals surface area contributed by atoms with Crippen molar-refractivity contribution in [1.29, 1.82) is 5.26 Å². The fourth-order valence-electron chi connectivity index (χ4n) is 1.57. The zero-order valence-corrected chi connectivity index (χ0v) is 10.6. The molecular formula is C12H17N5O. The number of likely N-dealkylation sites (N-methyl/N-ethyl adjacent to an activating group) is 2. The molecule has 1 amide bonds. The number of hydrogen-bond acceptors (Lipinski definition) is 5. The Balaban J connectivity index is 2.96. The molecule has 0 unspecified atom stereocenters. The number of carbonyl (C=O) groups excluding carboxylic acids is 1. The van der Waals surface area contributed by atoms with Crippen molar-refractivity contribution in [3.05, 3.63) is 17.8 Å². The molecule has 0 fully saturated rings. The second-order valence-electron chi connectivity index (χ2n) is 3.68. The number of aromatic nitrogens is 1. The van der Waals surface area contributed by atoms with Crippen molar-refractivity contribution in [2.75, 3.05) is 30.3 Å². The molecule has 0 radical (unpaired) electrons. The van der Waals surface area contributed by atoms with Crippen molar-refractivity contribution >= 4 is 17.4 Å². The van der Waals surface area contributed by atoms with Crippen molar-refractivity contribution in [1.82, 2.24) is 10.3 Å². The molecule has 1 aromatic heterocycles. The lowest BCUT2D eigenvalue weighted by Gasteiger charge is -2.22. The average Bonchev–Trinajstić information content (AvgIpc) is 2.37. The number of amides is 1. The van der Waals surface area contributed by atoms with Crippen LogP contribution in [0.4, 0.5) is 11.5 Å². The highest BCUT2D eigenvalue weighted by Crippen LogP contribution is 2.22. The van der Waals surface area contributed by atoms with Crippen LogP contribution in [0.1, 0.15) is 19.4 Å². The minimum absolute atomic E-state index is 0.0945. The molecule has 6 nitrogen and oxygen atoms in total. The lowest BCUT2D eigenvalue weighted by molar-refractivity contribution is -0.119. The zero-order chi connectivity index (χ0) is 13.5. The van der Waals surface area contributed by atoms with Crippen LogP contribution >= 0.6 is 0 Å². The third-order valence-electron chi connectivity index (χ3n) is 2.48. The summed E-state index contributed by atoms with van der Waals surface area (Å²) < 4.78 is 0. The van der Waals surface area contributed by atoms with Crippen LogP contribution in [0.5, 0.6) is 0 Å². The molecule has 3 N–H and O–H groups in total. The van der Waals surface area contributed by atoms with E-state index < -0.39 is 0 Å². The van der Waals surface area contributed by atoms with E-state index in [1.54, 1.807) is 11.0 Å². The van der Waals surface area contributed by atoms with Gasteiger partial charge in [-0.1, -0.05) is 0 Å². The molecule has 0 saturated carbocycles. The van der Waals surface area contributed by atoms with Gasteiger partial charge in [0, 0.05) is 19.3 Å². The second kappa shape index (κ2) is 6.45. The maximum Gasteiger partial charge on any atom is 0.239 e. The summed E-state index contributed by atoms with van der Waals surface area (Å²) in [5, 5.41) is 11.6. The molecule has 0 aliphatic carbocycles. The van der Waals surface area contributed by atoms with Crippen molar-refractivity contribution in [3.8, 4) is 6.07 Å². The van der Waals surface area contributed by atoms with Gasteiger partial charge < -0.3 is 16.0 Å². The number of nitrogens with zero attached hydrogens (tertiary/aromatic N) is 3. The Morgan fingerprint density at radius 2 is 2.33 bits per heavy atom. The molecule has 96 valence electrons. The van der Waals surface area contributed by atoms with Gasteiger partial charge in [0.05, 0.1) is 17.8 Å². The van der Waals surface area contributed by atoms with Crippen molar-refractivity contribution < 1.29 is 4.79 Å². The Hall–Kier alpha value is -2.29. The number of nitrogens with one attached hydrogen (secondary N) is 1. The monoisotopic (exact) mass is 247 g/mol. The van der Waals surface area contributed by atoms with E-state index in [1.807, 2.05) is 19.9 Å². The third-order valence-corrected chi connectivity index (χ3v) is 2.48. The molecule has 0 bridgehead atoms. The molecule has 0 saturated heterocycles. The zero-order valence-electron chi connectivity index (χ0n) is 10.6. The van der Waals surface area contributed by atoms with Crippen molar-refractivity contribution in [2.24, 2.45) is 0 Å². The Labute approximate surface area is 106 Å². The van der Waals surface area contributed by atoms with Crippen molar-refractivity contribution in [2.45, 2.75) is 13.8 Å². The van der Waals surface area contributed by atoms with Gasteiger partial charge in [0.25, 0.3) is 0 Å². The molecule has 1 aromatic rings. The van der Waals surface area contributed by atoms with Crippen LogP contribution < -0.4 is 16.0 Å². The Kier molecular flexibility index (Phi) is 4.93. The fraction of sp³-hybridized carbons (Fsp3) is 0.417. The molecule has 0 aromatic carbocycles. The highest BCUT2D eigenvalue weighted by molar-refractivity contribution is 5.82. The van der Waals surface area contributed by atoms with Gasteiger partial charge in [0.2, 0.25) is 5.91 Å². The maximum atomic E-state index is 11.6. The Bertz CT molecular complexity index is 466. The van der Waals surface area contributed by atoms with Gasteiger partial charge >= 0.3 is 0 Å². The molecule has 0 aliphatic rings. The first kappa shape index (κ1) is 13.8. The van der Waals surface area contributed by atoms with E-state index in [0.717, 1.165) is 0 Å². The lowest BCUT2D eigenvalue weighted by Crippen LogP contribution is -2.37. The number of pyridine rings is 1. The maximum absolute atomic E-state index is 11.6. The summed E-state index contributed by atoms with van der Waals surface area (Å²) in [7, 11) is 0. The SMILES string of the molecule is CCNC(=O)CN(CC)c1nccc(C#N)c1N. The minimum Gasteiger partial charge on any atom is -0.395 e. The van der Waals surface area contributed by atoms with E-state index in [-0.39, 0.29) is 12.5 Å². The quantitative estimate of drug-likeness (QED) is 0.790. The minimum atomic E-state index is -0.0945. The molecule has 0 aliphatic heterocycles. The van der Waals surface area contributed by atoms with E-state index in [9.17, 15) is 4.79 Å². The molecule has 0 spiro atoms. The van der Waals surface area contributed by atoms with E-state index in [0.29, 0.717) is 30.2 Å². The predicted octanol–water partition coefficient (Wildman–Crippen LogP) is 0.498. The van der Waals surface area contributed by atoms with Crippen LogP contribution in [-0.2, 0) is 4.79 Å². The lowest BCUT2D eigenvalue weighted by atomic mass is 10.2. The molecule has 0 atom stereocenters. The third kappa shape index (κ3) is 3.10. The summed E-state index contributed by atoms with van der Waals surface area (Å²) in [5.41, 5.74) is 6.54. The van der Waals surface area contributed by atoms with Gasteiger partial charge in [-0.3, -0.25) is 4.79 Å². The summed E-state index contributed by atoms with van der Waals surface area (Å²) in [6, 6.07) is 3.56. The predicted molar refractivity (Wildman–Crippen MR) is 69.9 cm³/mol. The number of rotatable bonds is 5. The molecule has 1 rings (SSSR count). The molecular weight excluding hydrogens is 230 g/mol. The van der Waals surface area contributed by atoms with Crippen LogP contribution in [0.25, 0.3) is 0 Å². The van der Waals surface area contributed by atoms with Crippen LogP contribution in [0.15, 0.2) is 12.3 Å². The van der Waals surface area contributed by atoms with Crippen LogP contribution in [0.3, 0.4) is 0 Å². The van der Waals surface area contributed by atoms with E-state index in [1.165, 1.54) is 6.20 Å². The summed E-state index contributed by atoms with van der Waals surface area (Å²) in [5.74, 6) is 0.380. The summed E-state index contributed by atoms with van der Waals surface area (Å²) in [6.07, 6.45) is 1.52. The van der Waals surface area contributed by atoms with E-state index >= 15 is 0 Å². The highest BCUT2D eigenvalue weighted by atomic mass is 16.2. The van der Waals surface area contributed by atoms with Crippen molar-refractivity contribution in [3.63, 3.8) is 0 Å². The topological polar surface area (TPSA) is 95.0 Å². The fourth-order valence-corrected chi connectivity index (χ4v) is 1.57. The number of hydrogen-bond donors (Lipinski definition) is 2. The number of nitrogens with two attached hydrogens (primary N) is 1. The molecule has 18 heavy (non-hydrogen) atoms. The number of nitrogen functional groups attached to an aromatic ring is 1. The largest absolute Gasteiger partial charge is 0.395 e. The molecule has 1 heterocycles. The van der Waals surface area contributed by atoms with Crippen LogP contribution in [-0.4, -0.2) is 30.5 Å². The normalized spacial score (nSPS) is 9.61. The highest BCUT2D eigenvalue weighted by Gasteiger charge is 2.15. The van der Waals surface area contributed by atoms with Gasteiger partial charge in [-0.05, 0) is 19.9 Å². The van der Waals surface area contributed by atoms with E-state index in [4.69, 9.17) is 11.0 Å². The Morgan fingerprint density at radius 1 is 1.61 bits per heavy atom. The molecule has 6 heteroatoms. The standard InChI is InChI=1S/C12H17N5O/c1-3-15-10(18)8-17(4-2)12-11(14)9(7-13)5-6-16-12/h5-6H,3-4,8,14H2,1-2H3,(H,15,18). The van der Waals surface area contributed by atoms with Gasteiger partial charge in [0.15, 0.2) is 5.82 Å². The van der Waals surface area contributed by atoms with Gasteiger partial charge in [-0.2, -0.15) is 5.26 Å². The summed E-state index contributed by atoms with van der Waals surface area (Å²) >= 11 is 0. The van der Waals surface area contributed by atoms with Gasteiger partial charge in [0.1, 0.15) is 6.07 Å². The number of anilines is 2. The van der Waals surface area contributed by atoms with Crippen LogP contribution in [0.2, 0.25) is 0 Å². The Morgan fingerprint density at radius 3 is 2.89 bits per heavy atom. The van der Waals surface area contributed by atoms with Crippen LogP contribution in [0, 0.1) is 11.3 Å². The first-order chi connectivity index (χ1) is 8.63. The smallest absolute Gasteiger partial charge is 0.239 e. The average molecular weight is 247 g/mol. The second-order valence-corrected chi connectivity index (χ2v) is 3.68. The van der Waals surface area contributed by atoms with Gasteiger partial charge in [-0.15, -0.1) is 0 Å². The van der Waals surface area contributed by atoms with E-state index in [2.05, 4.69) is 10.3 Å². The number of carbonyl (C=O) groups is 1. The first-order valence-electron chi connectivity index (χ1n) is 5.80.